The predicted molar refractivity (Wildman–Crippen MR) is 145 cm³/mol. The summed E-state index contributed by atoms with van der Waals surface area (Å²) in [6.45, 7) is 0. The Kier molecular flexibility index (Phi) is 3.91. The lowest BCUT2D eigenvalue weighted by molar-refractivity contribution is 0.634. The van der Waals surface area contributed by atoms with Crippen molar-refractivity contribution in [2.24, 2.45) is 0 Å². The van der Waals surface area contributed by atoms with Gasteiger partial charge in [0, 0.05) is 57.5 Å². The van der Waals surface area contributed by atoms with Crippen LogP contribution >= 0.6 is 0 Å². The molecule has 0 saturated heterocycles. The second kappa shape index (κ2) is 7.27. The van der Waals surface area contributed by atoms with Crippen molar-refractivity contribution in [3.05, 3.63) is 110 Å². The van der Waals surface area contributed by atoms with Gasteiger partial charge in [0.15, 0.2) is 11.2 Å². The van der Waals surface area contributed by atoms with Crippen LogP contribution in [-0.2, 0) is 0 Å². The molecule has 0 aliphatic heterocycles. The maximum absolute atomic E-state index is 6.56. The minimum absolute atomic E-state index is 0.779. The van der Waals surface area contributed by atoms with Gasteiger partial charge < -0.3 is 8.83 Å². The van der Waals surface area contributed by atoms with Crippen molar-refractivity contribution in [2.45, 2.75) is 0 Å². The van der Waals surface area contributed by atoms with E-state index in [1.165, 1.54) is 0 Å². The number of aromatic nitrogens is 2. The van der Waals surface area contributed by atoms with Gasteiger partial charge in [-0.3, -0.25) is 9.97 Å². The molecular formula is C32H18N2O2. The van der Waals surface area contributed by atoms with Gasteiger partial charge in [-0.05, 0) is 58.3 Å². The molecule has 0 aliphatic rings. The third-order valence-electron chi connectivity index (χ3n) is 7.04. The van der Waals surface area contributed by atoms with Crippen LogP contribution in [0.2, 0.25) is 0 Å². The number of benzene rings is 4. The topological polar surface area (TPSA) is 52.1 Å². The van der Waals surface area contributed by atoms with Crippen molar-refractivity contribution in [2.75, 3.05) is 0 Å². The van der Waals surface area contributed by atoms with Crippen LogP contribution in [0.3, 0.4) is 0 Å². The van der Waals surface area contributed by atoms with Crippen LogP contribution in [0.15, 0.2) is 119 Å². The highest BCUT2D eigenvalue weighted by atomic mass is 16.4. The van der Waals surface area contributed by atoms with Gasteiger partial charge >= 0.3 is 0 Å². The number of fused-ring (bicyclic) bond motifs is 10. The van der Waals surface area contributed by atoms with Gasteiger partial charge in [-0.1, -0.05) is 48.5 Å². The van der Waals surface area contributed by atoms with E-state index in [-0.39, 0.29) is 0 Å². The molecule has 4 heterocycles. The van der Waals surface area contributed by atoms with E-state index in [0.29, 0.717) is 0 Å². The Morgan fingerprint density at radius 1 is 0.444 bits per heavy atom. The molecule has 0 saturated carbocycles. The Morgan fingerprint density at radius 2 is 0.944 bits per heavy atom. The first-order chi connectivity index (χ1) is 17.8. The molecule has 0 unspecified atom stereocenters. The normalized spacial score (nSPS) is 11.9. The van der Waals surface area contributed by atoms with E-state index >= 15 is 0 Å². The summed E-state index contributed by atoms with van der Waals surface area (Å²) in [6, 6.07) is 29.3. The van der Waals surface area contributed by atoms with Gasteiger partial charge in [0.05, 0.1) is 0 Å². The van der Waals surface area contributed by atoms with Crippen LogP contribution in [0.4, 0.5) is 0 Å². The van der Waals surface area contributed by atoms with Crippen LogP contribution in [-0.4, -0.2) is 9.97 Å². The first kappa shape index (κ1) is 19.4. The summed E-state index contributed by atoms with van der Waals surface area (Å²) in [7, 11) is 0. The summed E-state index contributed by atoms with van der Waals surface area (Å²) in [6.07, 6.45) is 7.31. The summed E-state index contributed by atoms with van der Waals surface area (Å²) in [5.41, 5.74) is 7.48. The standard InChI is InChI=1S/C32H18N2O2/c1-2-8-24-23(7-1)29-25-11-9-19(21-5-3-13-33-17-21)15-27(25)35-31(29)32-30(24)26-12-10-20(16-28(26)36-32)22-6-4-14-34-18-22/h1-18H. The van der Waals surface area contributed by atoms with Crippen molar-refractivity contribution in [1.29, 1.82) is 0 Å². The SMILES string of the molecule is c1cncc(-c2ccc3c(c2)oc2c4oc5cc(-c6cccnc6)ccc5c4c4ccccc4c32)c1. The van der Waals surface area contributed by atoms with Crippen LogP contribution in [0.1, 0.15) is 0 Å². The zero-order valence-electron chi connectivity index (χ0n) is 19.1. The molecule has 0 atom stereocenters. The van der Waals surface area contributed by atoms with Gasteiger partial charge in [-0.25, -0.2) is 0 Å². The molecule has 0 fully saturated rings. The van der Waals surface area contributed by atoms with Crippen LogP contribution in [0.25, 0.3) is 76.9 Å². The van der Waals surface area contributed by atoms with E-state index in [9.17, 15) is 0 Å². The van der Waals surface area contributed by atoms with E-state index < -0.39 is 0 Å². The average molecular weight is 463 g/mol. The third-order valence-corrected chi connectivity index (χ3v) is 7.04. The summed E-state index contributed by atoms with van der Waals surface area (Å²) in [4.78, 5) is 8.54. The molecule has 8 rings (SSSR count). The summed E-state index contributed by atoms with van der Waals surface area (Å²) in [5.74, 6) is 0. The number of hydrogen-bond acceptors (Lipinski definition) is 4. The molecule has 0 bridgehead atoms. The Bertz CT molecular complexity index is 1940. The Hall–Kier alpha value is -4.96. The highest BCUT2D eigenvalue weighted by Crippen LogP contribution is 2.45. The van der Waals surface area contributed by atoms with Crippen molar-refractivity contribution in [1.82, 2.24) is 9.97 Å². The van der Waals surface area contributed by atoms with Gasteiger partial charge in [0.25, 0.3) is 0 Å². The molecular weight excluding hydrogens is 444 g/mol. The molecule has 4 aromatic heterocycles. The zero-order chi connectivity index (χ0) is 23.6. The number of rotatable bonds is 2. The first-order valence-corrected chi connectivity index (χ1v) is 11.9. The molecule has 36 heavy (non-hydrogen) atoms. The lowest BCUT2D eigenvalue weighted by Gasteiger charge is -2.03. The Labute approximate surface area is 205 Å². The molecule has 8 aromatic rings. The fourth-order valence-electron chi connectivity index (χ4n) is 5.39. The first-order valence-electron chi connectivity index (χ1n) is 11.9. The molecule has 168 valence electrons. The highest BCUT2D eigenvalue weighted by Gasteiger charge is 2.21. The molecule has 0 spiro atoms. The number of hydrogen-bond donors (Lipinski definition) is 0. The molecule has 0 radical (unpaired) electrons. The number of pyridine rings is 2. The van der Waals surface area contributed by atoms with Crippen molar-refractivity contribution >= 4 is 54.6 Å². The van der Waals surface area contributed by atoms with Crippen LogP contribution < -0.4 is 0 Å². The third kappa shape index (κ3) is 2.70. The molecule has 0 aliphatic carbocycles. The van der Waals surface area contributed by atoms with E-state index in [4.69, 9.17) is 8.83 Å². The van der Waals surface area contributed by atoms with Crippen molar-refractivity contribution in [3.8, 4) is 22.3 Å². The smallest absolute Gasteiger partial charge is 0.179 e. The van der Waals surface area contributed by atoms with Crippen LogP contribution in [0, 0.1) is 0 Å². The molecule has 0 amide bonds. The Balaban J connectivity index is 1.48. The van der Waals surface area contributed by atoms with Gasteiger partial charge in [0.2, 0.25) is 0 Å². The second-order valence-corrected chi connectivity index (χ2v) is 9.06. The lowest BCUT2D eigenvalue weighted by Crippen LogP contribution is -1.80. The zero-order valence-corrected chi connectivity index (χ0v) is 19.1. The maximum Gasteiger partial charge on any atom is 0.179 e. The fraction of sp³-hybridized carbons (Fsp3) is 0. The summed E-state index contributed by atoms with van der Waals surface area (Å²) in [5, 5.41) is 6.63. The minimum atomic E-state index is 0.779. The van der Waals surface area contributed by atoms with E-state index in [2.05, 4.69) is 82.8 Å². The highest BCUT2D eigenvalue weighted by molar-refractivity contribution is 6.33. The summed E-state index contributed by atoms with van der Waals surface area (Å²) < 4.78 is 13.1. The van der Waals surface area contributed by atoms with Gasteiger partial charge in [-0.2, -0.15) is 0 Å². The van der Waals surface area contributed by atoms with Gasteiger partial charge in [0.1, 0.15) is 11.2 Å². The maximum atomic E-state index is 6.56. The molecule has 0 N–H and O–H groups in total. The number of furan rings is 2. The van der Waals surface area contributed by atoms with Gasteiger partial charge in [-0.15, -0.1) is 0 Å². The van der Waals surface area contributed by atoms with Crippen molar-refractivity contribution < 1.29 is 8.83 Å². The Morgan fingerprint density at radius 3 is 1.39 bits per heavy atom. The fourth-order valence-corrected chi connectivity index (χ4v) is 5.39. The molecule has 4 heteroatoms. The second-order valence-electron chi connectivity index (χ2n) is 9.06. The van der Waals surface area contributed by atoms with Crippen LogP contribution in [0.5, 0.6) is 0 Å². The predicted octanol–water partition coefficient (Wildman–Crippen LogP) is 8.76. The minimum Gasteiger partial charge on any atom is -0.452 e. The quantitative estimate of drug-likeness (QED) is 0.258. The summed E-state index contributed by atoms with van der Waals surface area (Å²) >= 11 is 0. The molecule has 4 aromatic carbocycles. The van der Waals surface area contributed by atoms with Crippen molar-refractivity contribution in [3.63, 3.8) is 0 Å². The lowest BCUT2D eigenvalue weighted by atomic mass is 9.97. The average Bonchev–Trinajstić information content (AvgIpc) is 3.52. The van der Waals surface area contributed by atoms with E-state index in [1.54, 1.807) is 12.4 Å². The molecule has 4 nitrogen and oxygen atoms in total. The van der Waals surface area contributed by atoms with E-state index in [1.807, 2.05) is 24.5 Å². The monoisotopic (exact) mass is 462 g/mol. The largest absolute Gasteiger partial charge is 0.452 e. The van der Waals surface area contributed by atoms with E-state index in [0.717, 1.165) is 76.9 Å². The number of nitrogens with zero attached hydrogens (tertiary/aromatic N) is 2.